The molecule has 1 heterocycles. The third-order valence-corrected chi connectivity index (χ3v) is 3.48. The number of benzene rings is 1. The molecule has 1 aromatic carbocycles. The van der Waals surface area contributed by atoms with Gasteiger partial charge in [0, 0.05) is 12.6 Å². The van der Waals surface area contributed by atoms with Gasteiger partial charge in [-0.25, -0.2) is 0 Å². The molecule has 1 aliphatic heterocycles. The Kier molecular flexibility index (Phi) is 5.26. The molecule has 1 aromatic rings. The molecule has 1 fully saturated rings. The van der Waals surface area contributed by atoms with Crippen molar-refractivity contribution in [1.29, 1.82) is 0 Å². The third-order valence-electron chi connectivity index (χ3n) is 3.48. The van der Waals surface area contributed by atoms with E-state index in [1.165, 1.54) is 0 Å². The van der Waals surface area contributed by atoms with Gasteiger partial charge in [0.1, 0.15) is 17.1 Å². The molecule has 0 aromatic heterocycles. The second-order valence-electron chi connectivity index (χ2n) is 4.94. The average Bonchev–Trinajstić information content (AvgIpc) is 2.95. The minimum Gasteiger partial charge on any atom is -0.493 e. The van der Waals surface area contributed by atoms with E-state index in [4.69, 9.17) is 18.9 Å². The summed E-state index contributed by atoms with van der Waals surface area (Å²) in [5.74, 6) is -0.179. The summed E-state index contributed by atoms with van der Waals surface area (Å²) in [5.41, 5.74) is 1.15. The predicted octanol–water partition coefficient (Wildman–Crippen LogP) is 2.06. The zero-order chi connectivity index (χ0) is 16.2. The number of nitrogens with one attached hydrogen (secondary N) is 1. The van der Waals surface area contributed by atoms with E-state index in [1.54, 1.807) is 19.2 Å². The van der Waals surface area contributed by atoms with Gasteiger partial charge in [0.15, 0.2) is 5.79 Å². The molecule has 1 aliphatic rings. The standard InChI is InChI=1S/C16H23NO5/c1-5-19-12-9-11(16(3)21-7-8-22-16)10-13(20-6-2)14(12)15(18)17-4/h9-10H,5-8H2,1-4H3,(H,17,18). The highest BCUT2D eigenvalue weighted by Gasteiger charge is 2.35. The molecule has 1 amide bonds. The molecular weight excluding hydrogens is 286 g/mol. The second kappa shape index (κ2) is 6.98. The van der Waals surface area contributed by atoms with Crippen LogP contribution in [0.15, 0.2) is 12.1 Å². The summed E-state index contributed by atoms with van der Waals surface area (Å²) >= 11 is 0. The van der Waals surface area contributed by atoms with E-state index in [0.717, 1.165) is 5.56 Å². The summed E-state index contributed by atoms with van der Waals surface area (Å²) in [6.07, 6.45) is 0. The zero-order valence-electron chi connectivity index (χ0n) is 13.5. The average molecular weight is 309 g/mol. The van der Waals surface area contributed by atoms with Crippen LogP contribution >= 0.6 is 0 Å². The highest BCUT2D eigenvalue weighted by atomic mass is 16.7. The van der Waals surface area contributed by atoms with E-state index in [2.05, 4.69) is 5.32 Å². The summed E-state index contributed by atoms with van der Waals surface area (Å²) in [4.78, 5) is 12.2. The molecule has 22 heavy (non-hydrogen) atoms. The molecule has 0 saturated carbocycles. The number of rotatable bonds is 6. The number of carbonyl (C=O) groups is 1. The van der Waals surface area contributed by atoms with Gasteiger partial charge in [0.05, 0.1) is 26.4 Å². The Hall–Kier alpha value is -1.79. The monoisotopic (exact) mass is 309 g/mol. The van der Waals surface area contributed by atoms with Crippen molar-refractivity contribution in [1.82, 2.24) is 5.32 Å². The van der Waals surface area contributed by atoms with Crippen LogP contribution < -0.4 is 14.8 Å². The Morgan fingerprint density at radius 1 is 1.18 bits per heavy atom. The van der Waals surface area contributed by atoms with E-state index in [1.807, 2.05) is 20.8 Å². The molecule has 1 N–H and O–H groups in total. The minimum absolute atomic E-state index is 0.253. The Morgan fingerprint density at radius 3 is 2.09 bits per heavy atom. The van der Waals surface area contributed by atoms with Crippen molar-refractivity contribution in [2.75, 3.05) is 33.5 Å². The number of amides is 1. The third kappa shape index (κ3) is 3.18. The van der Waals surface area contributed by atoms with Crippen molar-refractivity contribution in [2.45, 2.75) is 26.6 Å². The fraction of sp³-hybridized carbons (Fsp3) is 0.562. The van der Waals surface area contributed by atoms with E-state index in [-0.39, 0.29) is 5.91 Å². The quantitative estimate of drug-likeness (QED) is 0.871. The highest BCUT2D eigenvalue weighted by molar-refractivity contribution is 5.99. The van der Waals surface area contributed by atoms with Crippen LogP contribution in [0.25, 0.3) is 0 Å². The van der Waals surface area contributed by atoms with Gasteiger partial charge in [-0.05, 0) is 32.9 Å². The maximum Gasteiger partial charge on any atom is 0.258 e. The molecule has 0 unspecified atom stereocenters. The van der Waals surface area contributed by atoms with Crippen molar-refractivity contribution in [3.63, 3.8) is 0 Å². The maximum atomic E-state index is 12.2. The Morgan fingerprint density at radius 2 is 1.68 bits per heavy atom. The topological polar surface area (TPSA) is 66.0 Å². The van der Waals surface area contributed by atoms with Gasteiger partial charge in [-0.3, -0.25) is 4.79 Å². The first kappa shape index (κ1) is 16.6. The molecule has 122 valence electrons. The Bertz CT molecular complexity index is 510. The van der Waals surface area contributed by atoms with Crippen molar-refractivity contribution in [3.8, 4) is 11.5 Å². The first-order valence-electron chi connectivity index (χ1n) is 7.49. The molecular formula is C16H23NO5. The van der Waals surface area contributed by atoms with E-state index in [0.29, 0.717) is 43.5 Å². The normalized spacial score (nSPS) is 16.4. The molecule has 0 aliphatic carbocycles. The van der Waals surface area contributed by atoms with Crippen molar-refractivity contribution in [2.24, 2.45) is 0 Å². The molecule has 0 bridgehead atoms. The van der Waals surface area contributed by atoms with Crippen LogP contribution in [-0.2, 0) is 15.3 Å². The lowest BCUT2D eigenvalue weighted by Gasteiger charge is -2.25. The predicted molar refractivity (Wildman–Crippen MR) is 81.4 cm³/mol. The molecule has 0 atom stereocenters. The first-order valence-corrected chi connectivity index (χ1v) is 7.49. The van der Waals surface area contributed by atoms with Crippen LogP contribution in [0.1, 0.15) is 36.7 Å². The van der Waals surface area contributed by atoms with Gasteiger partial charge in [-0.2, -0.15) is 0 Å². The van der Waals surface area contributed by atoms with Gasteiger partial charge in [0.25, 0.3) is 5.91 Å². The van der Waals surface area contributed by atoms with Crippen LogP contribution in [0.3, 0.4) is 0 Å². The highest BCUT2D eigenvalue weighted by Crippen LogP contribution is 2.38. The first-order chi connectivity index (χ1) is 10.6. The molecule has 1 saturated heterocycles. The summed E-state index contributed by atoms with van der Waals surface area (Å²) in [6.45, 7) is 7.52. The Labute approximate surface area is 130 Å². The summed E-state index contributed by atoms with van der Waals surface area (Å²) < 4.78 is 22.7. The molecule has 0 spiro atoms. The molecule has 2 rings (SSSR count). The summed E-state index contributed by atoms with van der Waals surface area (Å²) in [6, 6.07) is 3.56. The smallest absolute Gasteiger partial charge is 0.258 e. The van der Waals surface area contributed by atoms with E-state index < -0.39 is 5.79 Å². The molecule has 0 radical (unpaired) electrons. The van der Waals surface area contributed by atoms with Gasteiger partial charge < -0.3 is 24.3 Å². The number of hydrogen-bond acceptors (Lipinski definition) is 5. The zero-order valence-corrected chi connectivity index (χ0v) is 13.5. The Balaban J connectivity index is 2.56. The number of carbonyl (C=O) groups excluding carboxylic acids is 1. The van der Waals surface area contributed by atoms with Crippen molar-refractivity contribution >= 4 is 5.91 Å². The van der Waals surface area contributed by atoms with Crippen LogP contribution in [0.5, 0.6) is 11.5 Å². The SMILES string of the molecule is CCOc1cc(C2(C)OCCO2)cc(OCC)c1C(=O)NC. The van der Waals surface area contributed by atoms with Gasteiger partial charge in [0.2, 0.25) is 0 Å². The van der Waals surface area contributed by atoms with Gasteiger partial charge >= 0.3 is 0 Å². The number of hydrogen-bond donors (Lipinski definition) is 1. The van der Waals surface area contributed by atoms with Crippen LogP contribution in [0, 0.1) is 0 Å². The van der Waals surface area contributed by atoms with E-state index in [9.17, 15) is 4.79 Å². The van der Waals surface area contributed by atoms with Crippen LogP contribution in [-0.4, -0.2) is 39.4 Å². The second-order valence-corrected chi connectivity index (χ2v) is 4.94. The fourth-order valence-electron chi connectivity index (χ4n) is 2.42. The largest absolute Gasteiger partial charge is 0.493 e. The summed E-state index contributed by atoms with van der Waals surface area (Å²) in [7, 11) is 1.58. The van der Waals surface area contributed by atoms with E-state index >= 15 is 0 Å². The summed E-state index contributed by atoms with van der Waals surface area (Å²) in [5, 5.41) is 2.62. The lowest BCUT2D eigenvalue weighted by atomic mass is 10.0. The van der Waals surface area contributed by atoms with Crippen LogP contribution in [0.4, 0.5) is 0 Å². The van der Waals surface area contributed by atoms with Gasteiger partial charge in [-0.15, -0.1) is 0 Å². The van der Waals surface area contributed by atoms with Crippen molar-refractivity contribution < 1.29 is 23.7 Å². The number of ether oxygens (including phenoxy) is 4. The van der Waals surface area contributed by atoms with Crippen LogP contribution in [0.2, 0.25) is 0 Å². The maximum absolute atomic E-state index is 12.2. The minimum atomic E-state index is -0.848. The lowest BCUT2D eigenvalue weighted by Crippen LogP contribution is -2.25. The molecule has 6 nitrogen and oxygen atoms in total. The van der Waals surface area contributed by atoms with Crippen molar-refractivity contribution in [3.05, 3.63) is 23.3 Å². The molecule has 6 heteroatoms. The lowest BCUT2D eigenvalue weighted by molar-refractivity contribution is -0.149. The van der Waals surface area contributed by atoms with Gasteiger partial charge in [-0.1, -0.05) is 0 Å². The fourth-order valence-corrected chi connectivity index (χ4v) is 2.42.